The van der Waals surface area contributed by atoms with Crippen molar-refractivity contribution >= 4 is 11.8 Å². The fourth-order valence-electron chi connectivity index (χ4n) is 1.93. The van der Waals surface area contributed by atoms with Gasteiger partial charge in [-0.1, -0.05) is 20.8 Å². The Hall–Kier alpha value is -1.12. The van der Waals surface area contributed by atoms with Crippen LogP contribution in [0.25, 0.3) is 0 Å². The number of carboxylic acid groups (broad SMARTS) is 1. The molecular formula is C11H16O3. The second-order valence-electron chi connectivity index (χ2n) is 4.30. The highest BCUT2D eigenvalue weighted by molar-refractivity contribution is 6.17. The van der Waals surface area contributed by atoms with Gasteiger partial charge in [-0.2, -0.15) is 0 Å². The Morgan fingerprint density at radius 2 is 2.00 bits per heavy atom. The summed E-state index contributed by atoms with van der Waals surface area (Å²) in [5, 5.41) is 8.94. The van der Waals surface area contributed by atoms with Gasteiger partial charge in [0.2, 0.25) is 0 Å². The summed E-state index contributed by atoms with van der Waals surface area (Å²) in [4.78, 5) is 22.4. The fourth-order valence-corrected chi connectivity index (χ4v) is 1.93. The number of Topliss-reactive ketones (excluding diaryl/α,β-unsaturated/α-hetero) is 1. The van der Waals surface area contributed by atoms with E-state index in [1.54, 1.807) is 0 Å². The molecule has 1 N–H and O–H groups in total. The minimum absolute atomic E-state index is 0.0399. The van der Waals surface area contributed by atoms with Gasteiger partial charge in [0, 0.05) is 6.42 Å². The smallest absolute Gasteiger partial charge is 0.339 e. The number of aliphatic carboxylic acids is 1. The summed E-state index contributed by atoms with van der Waals surface area (Å²) in [6.45, 7) is 5.85. The molecule has 0 bridgehead atoms. The van der Waals surface area contributed by atoms with Gasteiger partial charge in [0.05, 0.1) is 0 Å². The van der Waals surface area contributed by atoms with Crippen molar-refractivity contribution < 1.29 is 14.7 Å². The van der Waals surface area contributed by atoms with Gasteiger partial charge in [0.15, 0.2) is 5.78 Å². The minimum atomic E-state index is -1.06. The lowest BCUT2D eigenvalue weighted by Crippen LogP contribution is -2.24. The van der Waals surface area contributed by atoms with Crippen molar-refractivity contribution in [3.63, 3.8) is 0 Å². The van der Waals surface area contributed by atoms with E-state index in [-0.39, 0.29) is 23.2 Å². The van der Waals surface area contributed by atoms with Crippen molar-refractivity contribution in [2.45, 2.75) is 33.6 Å². The molecule has 3 heteroatoms. The molecule has 78 valence electrons. The number of ketones is 1. The Morgan fingerprint density at radius 1 is 1.43 bits per heavy atom. The number of rotatable bonds is 2. The van der Waals surface area contributed by atoms with Crippen LogP contribution in [0.15, 0.2) is 11.1 Å². The number of carbonyl (C=O) groups excluding carboxylic acids is 1. The van der Waals surface area contributed by atoms with Crippen LogP contribution in [0.1, 0.15) is 33.6 Å². The Kier molecular flexibility index (Phi) is 3.09. The molecule has 0 spiro atoms. The van der Waals surface area contributed by atoms with E-state index in [2.05, 4.69) is 0 Å². The van der Waals surface area contributed by atoms with E-state index in [9.17, 15) is 9.59 Å². The topological polar surface area (TPSA) is 54.4 Å². The highest BCUT2D eigenvalue weighted by Gasteiger charge is 2.30. The number of carboxylic acids is 1. The van der Waals surface area contributed by atoms with Crippen LogP contribution in [0.3, 0.4) is 0 Å². The van der Waals surface area contributed by atoms with Crippen molar-refractivity contribution in [2.24, 2.45) is 11.8 Å². The number of hydrogen-bond acceptors (Lipinski definition) is 2. The van der Waals surface area contributed by atoms with E-state index in [0.717, 1.165) is 12.0 Å². The van der Waals surface area contributed by atoms with Gasteiger partial charge in [0.25, 0.3) is 0 Å². The minimum Gasteiger partial charge on any atom is -0.478 e. The fraction of sp³-hybridized carbons (Fsp3) is 0.636. The summed E-state index contributed by atoms with van der Waals surface area (Å²) < 4.78 is 0. The Bertz CT molecular complexity index is 300. The predicted octanol–water partition coefficient (Wildman–Crippen LogP) is 2.02. The zero-order valence-electron chi connectivity index (χ0n) is 8.83. The van der Waals surface area contributed by atoms with Crippen molar-refractivity contribution in [3.05, 3.63) is 11.1 Å². The molecule has 0 aromatic carbocycles. The number of carbonyl (C=O) groups is 2. The van der Waals surface area contributed by atoms with Gasteiger partial charge in [-0.15, -0.1) is 0 Å². The van der Waals surface area contributed by atoms with Crippen LogP contribution in [0.5, 0.6) is 0 Å². The molecule has 1 unspecified atom stereocenters. The molecule has 3 nitrogen and oxygen atoms in total. The van der Waals surface area contributed by atoms with Crippen molar-refractivity contribution in [1.29, 1.82) is 0 Å². The van der Waals surface area contributed by atoms with Gasteiger partial charge in [0.1, 0.15) is 5.57 Å². The van der Waals surface area contributed by atoms with Gasteiger partial charge in [-0.3, -0.25) is 4.79 Å². The third-order valence-electron chi connectivity index (χ3n) is 2.61. The lowest BCUT2D eigenvalue weighted by molar-refractivity contribution is -0.135. The first-order valence-corrected chi connectivity index (χ1v) is 4.93. The molecule has 0 heterocycles. The number of allylic oxidation sites excluding steroid dienone is 1. The molecule has 0 fully saturated rings. The van der Waals surface area contributed by atoms with E-state index < -0.39 is 5.97 Å². The maximum absolute atomic E-state index is 11.5. The maximum Gasteiger partial charge on any atom is 0.339 e. The van der Waals surface area contributed by atoms with Crippen LogP contribution in [-0.4, -0.2) is 16.9 Å². The maximum atomic E-state index is 11.5. The second kappa shape index (κ2) is 3.95. The van der Waals surface area contributed by atoms with Crippen LogP contribution in [0.4, 0.5) is 0 Å². The molecule has 0 saturated heterocycles. The zero-order chi connectivity index (χ0) is 10.9. The van der Waals surface area contributed by atoms with E-state index in [0.29, 0.717) is 6.42 Å². The molecule has 0 aromatic rings. The molecule has 0 saturated carbocycles. The van der Waals surface area contributed by atoms with Crippen molar-refractivity contribution in [3.8, 4) is 0 Å². The second-order valence-corrected chi connectivity index (χ2v) is 4.30. The Labute approximate surface area is 83.8 Å². The largest absolute Gasteiger partial charge is 0.478 e. The standard InChI is InChI=1S/C11H16O3/c1-6(2)8-4-7(3)5-9(12)10(8)11(13)14/h6-7H,4-5H2,1-3H3,(H,13,14). The molecule has 1 rings (SSSR count). The van der Waals surface area contributed by atoms with Crippen LogP contribution < -0.4 is 0 Å². The summed E-state index contributed by atoms with van der Waals surface area (Å²) in [5.74, 6) is -0.846. The zero-order valence-corrected chi connectivity index (χ0v) is 8.83. The third kappa shape index (κ3) is 2.03. The van der Waals surface area contributed by atoms with Crippen LogP contribution >= 0.6 is 0 Å². The highest BCUT2D eigenvalue weighted by Crippen LogP contribution is 2.31. The highest BCUT2D eigenvalue weighted by atomic mass is 16.4. The summed E-state index contributed by atoms with van der Waals surface area (Å²) in [6, 6.07) is 0. The first-order chi connectivity index (χ1) is 6.43. The van der Waals surface area contributed by atoms with Crippen molar-refractivity contribution in [1.82, 2.24) is 0 Å². The van der Waals surface area contributed by atoms with E-state index >= 15 is 0 Å². The summed E-state index contributed by atoms with van der Waals surface area (Å²) in [6.07, 6.45) is 1.11. The van der Waals surface area contributed by atoms with Gasteiger partial charge < -0.3 is 5.11 Å². The lowest BCUT2D eigenvalue weighted by atomic mass is 9.79. The van der Waals surface area contributed by atoms with Crippen LogP contribution in [0.2, 0.25) is 0 Å². The lowest BCUT2D eigenvalue weighted by Gasteiger charge is -2.24. The molecule has 14 heavy (non-hydrogen) atoms. The van der Waals surface area contributed by atoms with Crippen LogP contribution in [-0.2, 0) is 9.59 Å². The normalized spacial score (nSPS) is 23.1. The average molecular weight is 196 g/mol. The van der Waals surface area contributed by atoms with E-state index in [4.69, 9.17) is 5.11 Å². The summed E-state index contributed by atoms with van der Waals surface area (Å²) >= 11 is 0. The first kappa shape index (κ1) is 11.0. The molecule has 0 radical (unpaired) electrons. The monoisotopic (exact) mass is 196 g/mol. The third-order valence-corrected chi connectivity index (χ3v) is 2.61. The predicted molar refractivity (Wildman–Crippen MR) is 52.9 cm³/mol. The quantitative estimate of drug-likeness (QED) is 0.687. The van der Waals surface area contributed by atoms with Crippen LogP contribution in [0, 0.1) is 11.8 Å². The first-order valence-electron chi connectivity index (χ1n) is 4.93. The summed E-state index contributed by atoms with van der Waals surface area (Å²) in [7, 11) is 0. The molecule has 1 aliphatic carbocycles. The number of hydrogen-bond donors (Lipinski definition) is 1. The molecule has 0 aromatic heterocycles. The van der Waals surface area contributed by atoms with E-state index in [1.165, 1.54) is 0 Å². The Morgan fingerprint density at radius 3 is 2.43 bits per heavy atom. The molecule has 0 amide bonds. The van der Waals surface area contributed by atoms with Crippen molar-refractivity contribution in [2.75, 3.05) is 0 Å². The SMILES string of the molecule is CC1CC(=O)C(C(=O)O)=C(C(C)C)C1. The van der Waals surface area contributed by atoms with E-state index in [1.807, 2.05) is 20.8 Å². The molecule has 1 atom stereocenters. The average Bonchev–Trinajstić information content (AvgIpc) is 2.01. The molecule has 0 aliphatic heterocycles. The van der Waals surface area contributed by atoms with Gasteiger partial charge in [-0.25, -0.2) is 4.79 Å². The molecular weight excluding hydrogens is 180 g/mol. The van der Waals surface area contributed by atoms with Gasteiger partial charge >= 0.3 is 5.97 Å². The Balaban J connectivity index is 3.15. The summed E-state index contributed by atoms with van der Waals surface area (Å²) in [5.41, 5.74) is 0.847. The molecule has 1 aliphatic rings. The van der Waals surface area contributed by atoms with Gasteiger partial charge in [-0.05, 0) is 23.8 Å².